The van der Waals surface area contributed by atoms with Crippen LogP contribution in [0.1, 0.15) is 25.4 Å². The topological polar surface area (TPSA) is 74.2 Å². The molecule has 2 aromatic heterocycles. The standard InChI is InChI=1S/C16H22NO5P/c1-3-21-23(18,22-4-2)16(13-15-8-6-12-20-15)17-10-9-14-7-5-11-19-14/h5-8,10-12,16H,3-4,9,13H2,1-2H3/b17-10+. The van der Waals surface area contributed by atoms with Crippen molar-refractivity contribution in [3.8, 4) is 0 Å². The average molecular weight is 339 g/mol. The van der Waals surface area contributed by atoms with E-state index in [2.05, 4.69) is 4.99 Å². The minimum Gasteiger partial charge on any atom is -0.469 e. The fraction of sp³-hybridized carbons (Fsp3) is 0.438. The van der Waals surface area contributed by atoms with E-state index in [1.807, 2.05) is 18.2 Å². The van der Waals surface area contributed by atoms with Crippen molar-refractivity contribution in [3.63, 3.8) is 0 Å². The Morgan fingerprint density at radius 2 is 1.74 bits per heavy atom. The summed E-state index contributed by atoms with van der Waals surface area (Å²) in [6, 6.07) is 7.27. The first-order chi connectivity index (χ1) is 11.2. The van der Waals surface area contributed by atoms with E-state index in [1.165, 1.54) is 0 Å². The number of hydrogen-bond donors (Lipinski definition) is 0. The predicted octanol–water partition coefficient (Wildman–Crippen LogP) is 4.32. The van der Waals surface area contributed by atoms with Crippen LogP contribution >= 0.6 is 7.60 Å². The second kappa shape index (κ2) is 8.87. The zero-order chi connectivity index (χ0) is 16.5. The maximum atomic E-state index is 13.0. The summed E-state index contributed by atoms with van der Waals surface area (Å²) in [5.41, 5.74) is 0. The molecule has 0 saturated heterocycles. The molecule has 0 aliphatic rings. The van der Waals surface area contributed by atoms with Gasteiger partial charge in [-0.1, -0.05) is 0 Å². The molecule has 0 bridgehead atoms. The molecule has 2 rings (SSSR count). The van der Waals surface area contributed by atoms with Gasteiger partial charge in [-0.05, 0) is 38.1 Å². The second-order valence-corrected chi connectivity index (χ2v) is 6.95. The Hall–Kier alpha value is -1.62. The van der Waals surface area contributed by atoms with E-state index in [9.17, 15) is 4.57 Å². The number of rotatable bonds is 10. The lowest BCUT2D eigenvalue weighted by Crippen LogP contribution is -2.14. The number of aliphatic imine (C=N–C) groups is 1. The largest absolute Gasteiger partial charge is 0.469 e. The lowest BCUT2D eigenvalue weighted by molar-refractivity contribution is 0.211. The number of furan rings is 2. The van der Waals surface area contributed by atoms with Crippen LogP contribution in [0.2, 0.25) is 0 Å². The molecule has 0 aromatic carbocycles. The van der Waals surface area contributed by atoms with Gasteiger partial charge < -0.3 is 17.9 Å². The van der Waals surface area contributed by atoms with Gasteiger partial charge in [-0.3, -0.25) is 9.56 Å². The van der Waals surface area contributed by atoms with Crippen molar-refractivity contribution in [1.82, 2.24) is 0 Å². The Balaban J connectivity index is 2.15. The fourth-order valence-electron chi connectivity index (χ4n) is 2.12. The van der Waals surface area contributed by atoms with Crippen LogP contribution in [0.15, 0.2) is 50.6 Å². The smallest absolute Gasteiger partial charge is 0.355 e. The van der Waals surface area contributed by atoms with Crippen LogP contribution in [0.5, 0.6) is 0 Å². The first kappa shape index (κ1) is 17.7. The van der Waals surface area contributed by atoms with Crippen LogP contribution in [0.4, 0.5) is 0 Å². The van der Waals surface area contributed by atoms with Crippen LogP contribution in [0.25, 0.3) is 0 Å². The molecule has 7 heteroatoms. The Kier molecular flexibility index (Phi) is 6.84. The van der Waals surface area contributed by atoms with Gasteiger partial charge in [0.05, 0.1) is 25.7 Å². The molecule has 0 aliphatic heterocycles. The molecule has 1 atom stereocenters. The molecule has 0 amide bonds. The number of nitrogens with zero attached hydrogens (tertiary/aromatic N) is 1. The highest BCUT2D eigenvalue weighted by Gasteiger charge is 2.35. The molecule has 0 aliphatic carbocycles. The maximum Gasteiger partial charge on any atom is 0.355 e. The van der Waals surface area contributed by atoms with Crippen LogP contribution in [-0.2, 0) is 26.5 Å². The molecular weight excluding hydrogens is 317 g/mol. The van der Waals surface area contributed by atoms with Gasteiger partial charge in [0.1, 0.15) is 11.5 Å². The summed E-state index contributed by atoms with van der Waals surface area (Å²) in [4.78, 5) is 4.42. The monoisotopic (exact) mass is 339 g/mol. The molecule has 2 heterocycles. The third-order valence-corrected chi connectivity index (χ3v) is 5.38. The summed E-state index contributed by atoms with van der Waals surface area (Å²) in [6.07, 6.45) is 5.72. The SMILES string of the molecule is CCOP(=O)(OCC)C(Cc1ccco1)/N=C/Cc1ccco1. The highest BCUT2D eigenvalue weighted by Crippen LogP contribution is 2.54. The van der Waals surface area contributed by atoms with Crippen molar-refractivity contribution in [2.75, 3.05) is 13.2 Å². The molecule has 0 spiro atoms. The lowest BCUT2D eigenvalue weighted by Gasteiger charge is -2.22. The lowest BCUT2D eigenvalue weighted by atomic mass is 10.3. The van der Waals surface area contributed by atoms with E-state index in [0.717, 1.165) is 5.76 Å². The third-order valence-electron chi connectivity index (χ3n) is 3.10. The van der Waals surface area contributed by atoms with Crippen molar-refractivity contribution in [1.29, 1.82) is 0 Å². The Morgan fingerprint density at radius 1 is 1.13 bits per heavy atom. The zero-order valence-corrected chi connectivity index (χ0v) is 14.3. The number of hydrogen-bond acceptors (Lipinski definition) is 6. The fourth-order valence-corrected chi connectivity index (χ4v) is 3.92. The quantitative estimate of drug-likeness (QED) is 0.476. The normalized spacial score (nSPS) is 13.7. The van der Waals surface area contributed by atoms with Gasteiger partial charge in [-0.2, -0.15) is 0 Å². The molecule has 2 aromatic rings. The summed E-state index contributed by atoms with van der Waals surface area (Å²) in [5.74, 6) is 0.821. The van der Waals surface area contributed by atoms with Gasteiger partial charge in [-0.15, -0.1) is 0 Å². The summed E-state index contributed by atoms with van der Waals surface area (Å²) in [5, 5.41) is 0. The first-order valence-electron chi connectivity index (χ1n) is 7.63. The maximum absolute atomic E-state index is 13.0. The highest BCUT2D eigenvalue weighted by atomic mass is 31.2. The van der Waals surface area contributed by atoms with E-state index < -0.39 is 13.4 Å². The Bertz CT molecular complexity index is 611. The van der Waals surface area contributed by atoms with Crippen molar-refractivity contribution >= 4 is 13.8 Å². The van der Waals surface area contributed by atoms with Crippen molar-refractivity contribution < 1.29 is 22.4 Å². The average Bonchev–Trinajstić information content (AvgIpc) is 3.20. The van der Waals surface area contributed by atoms with Gasteiger partial charge >= 0.3 is 7.60 Å². The Labute approximate surface area is 136 Å². The Morgan fingerprint density at radius 3 is 2.26 bits per heavy atom. The summed E-state index contributed by atoms with van der Waals surface area (Å²) < 4.78 is 34.5. The molecule has 23 heavy (non-hydrogen) atoms. The van der Waals surface area contributed by atoms with Gasteiger partial charge in [-0.25, -0.2) is 0 Å². The first-order valence-corrected chi connectivity index (χ1v) is 9.24. The van der Waals surface area contributed by atoms with E-state index in [1.54, 1.807) is 38.7 Å². The summed E-state index contributed by atoms with van der Waals surface area (Å²) in [6.45, 7) is 4.14. The van der Waals surface area contributed by atoms with Crippen LogP contribution in [0, 0.1) is 0 Å². The molecular formula is C16H22NO5P. The van der Waals surface area contributed by atoms with Crippen LogP contribution in [-0.4, -0.2) is 25.2 Å². The van der Waals surface area contributed by atoms with Crippen molar-refractivity contribution in [3.05, 3.63) is 48.3 Å². The van der Waals surface area contributed by atoms with E-state index in [0.29, 0.717) is 31.8 Å². The highest BCUT2D eigenvalue weighted by molar-refractivity contribution is 7.54. The van der Waals surface area contributed by atoms with E-state index in [-0.39, 0.29) is 0 Å². The molecule has 0 radical (unpaired) electrons. The molecule has 0 N–H and O–H groups in total. The van der Waals surface area contributed by atoms with Crippen molar-refractivity contribution in [2.24, 2.45) is 4.99 Å². The second-order valence-electron chi connectivity index (χ2n) is 4.75. The molecule has 0 saturated carbocycles. The third kappa shape index (κ3) is 5.20. The molecule has 0 fully saturated rings. The minimum absolute atomic E-state index is 0.291. The zero-order valence-electron chi connectivity index (χ0n) is 13.4. The minimum atomic E-state index is -3.37. The van der Waals surface area contributed by atoms with Gasteiger partial charge in [0.15, 0.2) is 5.78 Å². The molecule has 126 valence electrons. The van der Waals surface area contributed by atoms with Crippen molar-refractivity contribution in [2.45, 2.75) is 32.5 Å². The molecule has 1 unspecified atom stereocenters. The van der Waals surface area contributed by atoms with E-state index in [4.69, 9.17) is 17.9 Å². The van der Waals surface area contributed by atoms with Gasteiger partial charge in [0, 0.05) is 19.1 Å². The van der Waals surface area contributed by atoms with Crippen LogP contribution < -0.4 is 0 Å². The van der Waals surface area contributed by atoms with Gasteiger partial charge in [0.2, 0.25) is 0 Å². The predicted molar refractivity (Wildman–Crippen MR) is 88.0 cm³/mol. The summed E-state index contributed by atoms with van der Waals surface area (Å²) >= 11 is 0. The molecule has 6 nitrogen and oxygen atoms in total. The van der Waals surface area contributed by atoms with Gasteiger partial charge in [0.25, 0.3) is 0 Å². The van der Waals surface area contributed by atoms with E-state index >= 15 is 0 Å². The summed E-state index contributed by atoms with van der Waals surface area (Å²) in [7, 11) is -3.37. The van der Waals surface area contributed by atoms with Crippen LogP contribution in [0.3, 0.4) is 0 Å².